The Morgan fingerprint density at radius 2 is 1.79 bits per heavy atom. The topological polar surface area (TPSA) is 53.8 Å². The first-order valence-corrected chi connectivity index (χ1v) is 9.32. The van der Waals surface area contributed by atoms with E-state index in [0.29, 0.717) is 17.7 Å². The van der Waals surface area contributed by atoms with Crippen molar-refractivity contribution in [3.63, 3.8) is 0 Å². The van der Waals surface area contributed by atoms with Crippen LogP contribution in [-0.2, 0) is 4.79 Å². The highest BCUT2D eigenvalue weighted by Gasteiger charge is 2.42. The van der Waals surface area contributed by atoms with Gasteiger partial charge in [-0.1, -0.05) is 12.8 Å². The first kappa shape index (κ1) is 15.7. The summed E-state index contributed by atoms with van der Waals surface area (Å²) in [4.78, 5) is 29.3. The highest BCUT2D eigenvalue weighted by Crippen LogP contribution is 2.46. The Kier molecular flexibility index (Phi) is 4.10. The zero-order valence-electron chi connectivity index (χ0n) is 14.2. The van der Waals surface area contributed by atoms with Gasteiger partial charge < -0.3 is 14.2 Å². The smallest absolute Gasteiger partial charge is 0.290 e. The molecule has 24 heavy (non-hydrogen) atoms. The van der Waals surface area contributed by atoms with E-state index in [1.165, 1.54) is 31.9 Å². The molecule has 3 fully saturated rings. The van der Waals surface area contributed by atoms with Gasteiger partial charge in [0.1, 0.15) is 6.04 Å². The van der Waals surface area contributed by atoms with E-state index in [4.69, 9.17) is 4.42 Å². The Hall–Kier alpha value is -1.78. The molecular weight excluding hydrogens is 304 g/mol. The second kappa shape index (κ2) is 6.26. The van der Waals surface area contributed by atoms with Crippen molar-refractivity contribution in [2.24, 2.45) is 5.41 Å². The van der Waals surface area contributed by atoms with Crippen LogP contribution in [0.2, 0.25) is 0 Å². The summed E-state index contributed by atoms with van der Waals surface area (Å²) in [6.07, 6.45) is 10.8. The number of carbonyl (C=O) groups excluding carboxylic acids is 2. The van der Waals surface area contributed by atoms with Gasteiger partial charge in [-0.2, -0.15) is 0 Å². The molecule has 5 nitrogen and oxygen atoms in total. The lowest BCUT2D eigenvalue weighted by Gasteiger charge is -2.41. The van der Waals surface area contributed by atoms with Crippen molar-refractivity contribution in [3.8, 4) is 0 Å². The number of amides is 2. The van der Waals surface area contributed by atoms with E-state index in [9.17, 15) is 9.59 Å². The van der Waals surface area contributed by atoms with Gasteiger partial charge >= 0.3 is 0 Å². The van der Waals surface area contributed by atoms with Crippen LogP contribution in [0, 0.1) is 5.41 Å². The van der Waals surface area contributed by atoms with Gasteiger partial charge in [-0.25, -0.2) is 0 Å². The van der Waals surface area contributed by atoms with Crippen molar-refractivity contribution in [3.05, 3.63) is 24.2 Å². The van der Waals surface area contributed by atoms with E-state index < -0.39 is 0 Å². The molecule has 1 spiro atoms. The second-order valence-corrected chi connectivity index (χ2v) is 7.67. The van der Waals surface area contributed by atoms with Gasteiger partial charge in [-0.15, -0.1) is 0 Å². The molecular formula is C19H26N2O3. The van der Waals surface area contributed by atoms with Gasteiger partial charge in [0.25, 0.3) is 5.91 Å². The average molecular weight is 330 g/mol. The largest absolute Gasteiger partial charge is 0.459 e. The van der Waals surface area contributed by atoms with Crippen LogP contribution in [0.3, 0.4) is 0 Å². The minimum atomic E-state index is -0.305. The van der Waals surface area contributed by atoms with Crippen molar-refractivity contribution >= 4 is 11.8 Å². The van der Waals surface area contributed by atoms with Crippen molar-refractivity contribution < 1.29 is 14.0 Å². The van der Waals surface area contributed by atoms with Crippen molar-refractivity contribution in [1.82, 2.24) is 9.80 Å². The molecule has 0 radical (unpaired) electrons. The Labute approximate surface area is 143 Å². The molecule has 1 aromatic heterocycles. The van der Waals surface area contributed by atoms with Crippen LogP contribution in [0.15, 0.2) is 22.8 Å². The number of rotatable bonds is 2. The summed E-state index contributed by atoms with van der Waals surface area (Å²) in [5.41, 5.74) is 0.510. The fourth-order valence-electron chi connectivity index (χ4n) is 4.85. The molecule has 1 saturated carbocycles. The third kappa shape index (κ3) is 2.74. The summed E-state index contributed by atoms with van der Waals surface area (Å²) in [7, 11) is 0. The fraction of sp³-hybridized carbons (Fsp3) is 0.684. The standard InChI is InChI=1S/C19H26N2O3/c22-17(20-12-9-19(10-13-20)7-1-2-8-19)15-5-3-11-21(15)18(23)16-6-4-14-24-16/h4,6,14-15H,1-3,5,7-13H2/t15-/m1/s1. The molecule has 3 heterocycles. The van der Waals surface area contributed by atoms with Gasteiger partial charge in [-0.3, -0.25) is 9.59 Å². The number of furan rings is 1. The molecule has 3 aliphatic rings. The molecule has 0 N–H and O–H groups in total. The van der Waals surface area contributed by atoms with Crippen LogP contribution in [0.25, 0.3) is 0 Å². The molecule has 0 bridgehead atoms. The van der Waals surface area contributed by atoms with E-state index in [1.807, 2.05) is 4.90 Å². The summed E-state index contributed by atoms with van der Waals surface area (Å²) < 4.78 is 5.23. The summed E-state index contributed by atoms with van der Waals surface area (Å²) in [6.45, 7) is 2.37. The predicted molar refractivity (Wildman–Crippen MR) is 89.5 cm³/mol. The van der Waals surface area contributed by atoms with Crippen LogP contribution in [0.4, 0.5) is 0 Å². The lowest BCUT2D eigenvalue weighted by molar-refractivity contribution is -0.137. The number of nitrogens with zero attached hydrogens (tertiary/aromatic N) is 2. The Balaban J connectivity index is 1.41. The summed E-state index contributed by atoms with van der Waals surface area (Å²) in [5, 5.41) is 0. The third-order valence-electron chi connectivity index (χ3n) is 6.33. The maximum Gasteiger partial charge on any atom is 0.290 e. The molecule has 0 unspecified atom stereocenters. The molecule has 1 atom stereocenters. The molecule has 4 rings (SSSR count). The van der Waals surface area contributed by atoms with Crippen LogP contribution < -0.4 is 0 Å². The summed E-state index contributed by atoms with van der Waals surface area (Å²) in [5.74, 6) is 0.318. The average Bonchev–Trinajstić information content (AvgIpc) is 3.36. The molecule has 2 saturated heterocycles. The predicted octanol–water partition coefficient (Wildman–Crippen LogP) is 3.07. The lowest BCUT2D eigenvalue weighted by Crippen LogP contribution is -2.51. The molecule has 2 aliphatic heterocycles. The minimum absolute atomic E-state index is 0.139. The maximum absolute atomic E-state index is 13.0. The maximum atomic E-state index is 13.0. The van der Waals surface area contributed by atoms with Crippen molar-refractivity contribution in [1.29, 1.82) is 0 Å². The van der Waals surface area contributed by atoms with Gasteiger partial charge in [0, 0.05) is 19.6 Å². The second-order valence-electron chi connectivity index (χ2n) is 7.67. The SMILES string of the molecule is O=C([C@H]1CCCN1C(=O)c1ccco1)N1CCC2(CCCC2)CC1. The minimum Gasteiger partial charge on any atom is -0.459 e. The van der Waals surface area contributed by atoms with Crippen molar-refractivity contribution in [2.45, 2.75) is 57.4 Å². The van der Waals surface area contributed by atoms with Gasteiger partial charge in [-0.05, 0) is 56.1 Å². The van der Waals surface area contributed by atoms with Crippen LogP contribution in [-0.4, -0.2) is 47.3 Å². The molecule has 0 aromatic carbocycles. The Morgan fingerprint density at radius 3 is 2.46 bits per heavy atom. The van der Waals surface area contributed by atoms with E-state index in [1.54, 1.807) is 17.0 Å². The number of likely N-dealkylation sites (tertiary alicyclic amines) is 2. The zero-order valence-corrected chi connectivity index (χ0v) is 14.2. The van der Waals surface area contributed by atoms with Crippen LogP contribution in [0.1, 0.15) is 61.9 Å². The summed E-state index contributed by atoms with van der Waals surface area (Å²) in [6, 6.07) is 3.08. The molecule has 1 aliphatic carbocycles. The van der Waals surface area contributed by atoms with Gasteiger partial charge in [0.15, 0.2) is 5.76 Å². The van der Waals surface area contributed by atoms with Gasteiger partial charge in [0.2, 0.25) is 5.91 Å². The third-order valence-corrected chi connectivity index (χ3v) is 6.33. The zero-order chi connectivity index (χ0) is 16.6. The lowest BCUT2D eigenvalue weighted by atomic mass is 9.77. The first-order chi connectivity index (χ1) is 11.7. The van der Waals surface area contributed by atoms with E-state index in [-0.39, 0.29) is 17.9 Å². The fourth-order valence-corrected chi connectivity index (χ4v) is 4.85. The molecule has 5 heteroatoms. The molecule has 130 valence electrons. The van der Waals surface area contributed by atoms with E-state index >= 15 is 0 Å². The van der Waals surface area contributed by atoms with Crippen molar-refractivity contribution in [2.75, 3.05) is 19.6 Å². The highest BCUT2D eigenvalue weighted by molar-refractivity contribution is 5.96. The van der Waals surface area contributed by atoms with E-state index in [2.05, 4.69) is 0 Å². The number of hydrogen-bond acceptors (Lipinski definition) is 3. The normalized spacial score (nSPS) is 26.2. The number of carbonyl (C=O) groups is 2. The summed E-state index contributed by atoms with van der Waals surface area (Å²) >= 11 is 0. The van der Waals surface area contributed by atoms with Crippen LogP contribution in [0.5, 0.6) is 0 Å². The number of hydrogen-bond donors (Lipinski definition) is 0. The quantitative estimate of drug-likeness (QED) is 0.837. The van der Waals surface area contributed by atoms with Crippen LogP contribution >= 0.6 is 0 Å². The number of piperidine rings is 1. The van der Waals surface area contributed by atoms with Gasteiger partial charge in [0.05, 0.1) is 6.26 Å². The highest BCUT2D eigenvalue weighted by atomic mass is 16.3. The monoisotopic (exact) mass is 330 g/mol. The van der Waals surface area contributed by atoms with E-state index in [0.717, 1.165) is 38.8 Å². The first-order valence-electron chi connectivity index (χ1n) is 9.32. The molecule has 2 amide bonds. The Bertz CT molecular complexity index is 594. The Morgan fingerprint density at radius 1 is 1.04 bits per heavy atom. The molecule has 1 aromatic rings.